The fourth-order valence-electron chi connectivity index (χ4n) is 5.41. The number of rotatable bonds is 3. The van der Waals surface area contributed by atoms with E-state index in [1.165, 1.54) is 31.7 Å². The van der Waals surface area contributed by atoms with E-state index < -0.39 is 34.8 Å². The van der Waals surface area contributed by atoms with Crippen molar-refractivity contribution in [2.45, 2.75) is 96.6 Å². The van der Waals surface area contributed by atoms with Gasteiger partial charge in [-0.05, 0) is 65.8 Å². The Morgan fingerprint density at radius 1 is 1.10 bits per heavy atom. The number of benzene rings is 1. The molecule has 220 valence electrons. The highest BCUT2D eigenvalue weighted by molar-refractivity contribution is 7.98. The maximum atomic E-state index is 15.3. The van der Waals surface area contributed by atoms with E-state index in [0.717, 1.165) is 0 Å². The van der Waals surface area contributed by atoms with Crippen LogP contribution in [0.15, 0.2) is 11.2 Å². The van der Waals surface area contributed by atoms with Gasteiger partial charge < -0.3 is 19.3 Å². The molecule has 0 aliphatic carbocycles. The van der Waals surface area contributed by atoms with Crippen LogP contribution in [-0.2, 0) is 28.7 Å². The van der Waals surface area contributed by atoms with Gasteiger partial charge in [-0.2, -0.15) is 13.2 Å². The summed E-state index contributed by atoms with van der Waals surface area (Å²) in [5.41, 5.74) is -0.809. The number of amides is 1. The van der Waals surface area contributed by atoms with Crippen molar-refractivity contribution in [2.75, 3.05) is 24.2 Å². The summed E-state index contributed by atoms with van der Waals surface area (Å²) in [4.78, 5) is 26.0. The minimum absolute atomic E-state index is 0.0247. The van der Waals surface area contributed by atoms with Crippen molar-refractivity contribution in [3.05, 3.63) is 45.4 Å². The van der Waals surface area contributed by atoms with Gasteiger partial charge >= 0.3 is 12.3 Å². The van der Waals surface area contributed by atoms with Crippen molar-refractivity contribution in [1.29, 1.82) is 0 Å². The Kier molecular flexibility index (Phi) is 8.35. The topological polar surface area (TPSA) is 67.8 Å². The molecule has 1 amide bonds. The van der Waals surface area contributed by atoms with E-state index in [9.17, 15) is 18.0 Å². The second-order valence-electron chi connectivity index (χ2n) is 11.6. The minimum Gasteiger partial charge on any atom is -0.444 e. The summed E-state index contributed by atoms with van der Waals surface area (Å²) in [6, 6.07) is 0.888. The molecule has 0 N–H and O–H groups in total. The third kappa shape index (κ3) is 6.02. The summed E-state index contributed by atoms with van der Waals surface area (Å²) >= 11 is 1.32. The molecule has 4 rings (SSSR count). The first-order valence-corrected chi connectivity index (χ1v) is 14.4. The molecule has 1 unspecified atom stereocenters. The summed E-state index contributed by atoms with van der Waals surface area (Å²) in [5.74, 6) is -0.292. The highest BCUT2D eigenvalue weighted by Crippen LogP contribution is 2.44. The van der Waals surface area contributed by atoms with Crippen LogP contribution in [0.2, 0.25) is 0 Å². The molecule has 0 bridgehead atoms. The van der Waals surface area contributed by atoms with Crippen molar-refractivity contribution in [2.24, 2.45) is 0 Å². The molecule has 40 heavy (non-hydrogen) atoms. The molecule has 7 nitrogen and oxygen atoms in total. The fourth-order valence-corrected chi connectivity index (χ4v) is 5.79. The number of hydrogen-bond donors (Lipinski definition) is 0. The van der Waals surface area contributed by atoms with Crippen molar-refractivity contribution in [1.82, 2.24) is 14.9 Å². The Labute approximate surface area is 236 Å². The van der Waals surface area contributed by atoms with Gasteiger partial charge in [0.05, 0.1) is 24.0 Å². The van der Waals surface area contributed by atoms with E-state index in [-0.39, 0.29) is 42.3 Å². The van der Waals surface area contributed by atoms with E-state index in [4.69, 9.17) is 14.5 Å². The number of halogens is 4. The summed E-state index contributed by atoms with van der Waals surface area (Å²) in [6.07, 6.45) is -4.48. The number of aryl methyl sites for hydroxylation is 2. The summed E-state index contributed by atoms with van der Waals surface area (Å²) in [5, 5.41) is 0.459. The molecule has 1 saturated heterocycles. The lowest BCUT2D eigenvalue weighted by molar-refractivity contribution is -0.140. The zero-order chi connectivity index (χ0) is 29.7. The Morgan fingerprint density at radius 2 is 1.77 bits per heavy atom. The Bertz CT molecular complexity index is 1300. The van der Waals surface area contributed by atoms with Gasteiger partial charge in [-0.3, -0.25) is 0 Å². The largest absolute Gasteiger partial charge is 0.444 e. The normalized spacial score (nSPS) is 21.9. The highest BCUT2D eigenvalue weighted by atomic mass is 32.2. The standard InChI is InChI=1S/C28H36F4N4O3S/c1-14-9-15(2)23(29)21(22(14)28(30,31)32)20-10-19-18(13-38-20)24(34-25(33-19)40-8)35-11-17(4)36(12-16(35)3)26(37)39-27(5,6)7/h9,16-17,20H,10-13H2,1-8H3/t16-,17+,20?/m1/s1. The van der Waals surface area contributed by atoms with Gasteiger partial charge in [0.1, 0.15) is 17.2 Å². The van der Waals surface area contributed by atoms with Gasteiger partial charge in [-0.1, -0.05) is 17.8 Å². The predicted octanol–water partition coefficient (Wildman–Crippen LogP) is 6.62. The smallest absolute Gasteiger partial charge is 0.417 e. The number of carbonyl (C=O) groups is 1. The van der Waals surface area contributed by atoms with Gasteiger partial charge in [0.2, 0.25) is 0 Å². The molecule has 1 aromatic heterocycles. The number of piperazine rings is 1. The van der Waals surface area contributed by atoms with Gasteiger partial charge in [-0.15, -0.1) is 0 Å². The molecule has 2 aliphatic rings. The molecule has 3 heterocycles. The highest BCUT2D eigenvalue weighted by Gasteiger charge is 2.42. The van der Waals surface area contributed by atoms with Crippen molar-refractivity contribution >= 4 is 23.7 Å². The monoisotopic (exact) mass is 584 g/mol. The first kappa shape index (κ1) is 30.4. The average molecular weight is 585 g/mol. The number of alkyl halides is 3. The number of fused-ring (bicyclic) bond motifs is 1. The summed E-state index contributed by atoms with van der Waals surface area (Å²) in [6.45, 7) is 12.9. The Balaban J connectivity index is 1.69. The SMILES string of the molecule is CSc1nc2c(c(N3C[C@H](C)N(C(=O)OC(C)(C)C)C[C@H]3C)n1)COC(c1c(F)c(C)cc(C)c1C(F)(F)F)C2. The number of hydrogen-bond acceptors (Lipinski definition) is 7. The van der Waals surface area contributed by atoms with Gasteiger partial charge in [0.25, 0.3) is 0 Å². The van der Waals surface area contributed by atoms with Crippen LogP contribution in [0.25, 0.3) is 0 Å². The lowest BCUT2D eigenvalue weighted by Gasteiger charge is -2.45. The van der Waals surface area contributed by atoms with Crippen LogP contribution in [0, 0.1) is 19.7 Å². The molecule has 1 fully saturated rings. The minimum atomic E-state index is -4.74. The third-order valence-corrected chi connectivity index (χ3v) is 7.76. The first-order chi connectivity index (χ1) is 18.5. The zero-order valence-electron chi connectivity index (χ0n) is 24.1. The predicted molar refractivity (Wildman–Crippen MR) is 145 cm³/mol. The van der Waals surface area contributed by atoms with E-state index >= 15 is 4.39 Å². The number of nitrogens with zero attached hydrogens (tertiary/aromatic N) is 4. The van der Waals surface area contributed by atoms with Crippen LogP contribution in [0.5, 0.6) is 0 Å². The molecule has 3 atom stereocenters. The molecule has 2 aliphatic heterocycles. The molecular formula is C28H36F4N4O3S. The fraction of sp³-hybridized carbons (Fsp3) is 0.607. The van der Waals surface area contributed by atoms with Crippen LogP contribution < -0.4 is 4.90 Å². The number of anilines is 1. The first-order valence-electron chi connectivity index (χ1n) is 13.2. The van der Waals surface area contributed by atoms with E-state index in [1.807, 2.05) is 40.9 Å². The molecule has 0 saturated carbocycles. The Hall–Kier alpha value is -2.60. The lowest BCUT2D eigenvalue weighted by Crippen LogP contribution is -2.59. The van der Waals surface area contributed by atoms with Crippen molar-refractivity contribution in [3.8, 4) is 0 Å². The number of carbonyl (C=O) groups excluding carboxylic acids is 1. The number of thioether (sulfide) groups is 1. The van der Waals surface area contributed by atoms with E-state index in [2.05, 4.69) is 9.88 Å². The van der Waals surface area contributed by atoms with Crippen LogP contribution >= 0.6 is 11.8 Å². The molecule has 0 radical (unpaired) electrons. The second kappa shape index (κ2) is 11.0. The maximum absolute atomic E-state index is 15.3. The van der Waals surface area contributed by atoms with Crippen molar-refractivity contribution in [3.63, 3.8) is 0 Å². The van der Waals surface area contributed by atoms with Crippen LogP contribution in [-0.4, -0.2) is 58.0 Å². The number of aromatic nitrogens is 2. The van der Waals surface area contributed by atoms with Crippen LogP contribution in [0.1, 0.15) is 74.2 Å². The van der Waals surface area contributed by atoms with Gasteiger partial charge in [0, 0.05) is 42.7 Å². The molecule has 1 aromatic carbocycles. The van der Waals surface area contributed by atoms with Gasteiger partial charge in [-0.25, -0.2) is 19.2 Å². The maximum Gasteiger partial charge on any atom is 0.417 e. The Morgan fingerprint density at radius 3 is 2.38 bits per heavy atom. The van der Waals surface area contributed by atoms with Crippen LogP contribution in [0.4, 0.5) is 28.2 Å². The number of ether oxygens (including phenoxy) is 2. The van der Waals surface area contributed by atoms with Crippen LogP contribution in [0.3, 0.4) is 0 Å². The zero-order valence-corrected chi connectivity index (χ0v) is 24.9. The third-order valence-electron chi connectivity index (χ3n) is 7.21. The second-order valence-corrected chi connectivity index (χ2v) is 12.3. The van der Waals surface area contributed by atoms with E-state index in [1.54, 1.807) is 4.90 Å². The van der Waals surface area contributed by atoms with E-state index in [0.29, 0.717) is 35.3 Å². The molecule has 12 heteroatoms. The van der Waals surface area contributed by atoms with Crippen molar-refractivity contribution < 1.29 is 31.8 Å². The van der Waals surface area contributed by atoms with Gasteiger partial charge in [0.15, 0.2) is 5.16 Å². The molecule has 0 spiro atoms. The average Bonchev–Trinajstić information content (AvgIpc) is 2.84. The summed E-state index contributed by atoms with van der Waals surface area (Å²) in [7, 11) is 0. The summed E-state index contributed by atoms with van der Waals surface area (Å²) < 4.78 is 69.0. The molecular weight excluding hydrogens is 548 g/mol. The lowest BCUT2D eigenvalue weighted by atomic mass is 9.90. The quantitative estimate of drug-likeness (QED) is 0.228. The molecule has 2 aromatic rings.